The molecule has 0 amide bonds. The Labute approximate surface area is 160 Å². The Morgan fingerprint density at radius 2 is 2.04 bits per heavy atom. The van der Waals surface area contributed by atoms with Gasteiger partial charge in [0.25, 0.3) is 5.69 Å². The number of aryl methyl sites for hydroxylation is 1. The zero-order valence-electron chi connectivity index (χ0n) is 14.5. The zero-order chi connectivity index (χ0) is 19.2. The first-order valence-electron chi connectivity index (χ1n) is 8.27. The SMILES string of the molecule is CCc1ccc(-c2csc(C(C#N)=CNc3ccccc3[N+](=O)[O-])n2)cc1. The molecule has 0 aliphatic heterocycles. The number of nitrogens with zero attached hydrogens (tertiary/aromatic N) is 3. The zero-order valence-corrected chi connectivity index (χ0v) is 15.4. The normalized spacial score (nSPS) is 11.0. The van der Waals surface area contributed by atoms with E-state index in [1.807, 2.05) is 17.5 Å². The van der Waals surface area contributed by atoms with Gasteiger partial charge in [-0.3, -0.25) is 10.1 Å². The number of nitro groups is 1. The van der Waals surface area contributed by atoms with Crippen LogP contribution in [0.4, 0.5) is 11.4 Å². The first-order chi connectivity index (χ1) is 13.1. The number of allylic oxidation sites excluding steroid dienone is 1. The van der Waals surface area contributed by atoms with E-state index < -0.39 is 4.92 Å². The summed E-state index contributed by atoms with van der Waals surface area (Å²) in [6, 6.07) is 16.5. The lowest BCUT2D eigenvalue weighted by Gasteiger charge is -2.02. The van der Waals surface area contributed by atoms with Crippen LogP contribution in [0, 0.1) is 21.4 Å². The Bertz CT molecular complexity index is 1030. The summed E-state index contributed by atoms with van der Waals surface area (Å²) in [5.74, 6) is 0. The number of thiazole rings is 1. The number of hydrogen-bond donors (Lipinski definition) is 1. The highest BCUT2D eigenvalue weighted by molar-refractivity contribution is 7.11. The summed E-state index contributed by atoms with van der Waals surface area (Å²) in [5, 5.41) is 25.8. The minimum Gasteiger partial charge on any atom is -0.355 e. The maximum absolute atomic E-state index is 11.1. The number of para-hydroxylation sites is 2. The molecule has 134 valence electrons. The van der Waals surface area contributed by atoms with Crippen molar-refractivity contribution in [1.29, 1.82) is 5.26 Å². The molecule has 0 unspecified atom stereocenters. The van der Waals surface area contributed by atoms with Crippen molar-refractivity contribution in [3.63, 3.8) is 0 Å². The summed E-state index contributed by atoms with van der Waals surface area (Å²) >= 11 is 1.36. The summed E-state index contributed by atoms with van der Waals surface area (Å²) in [4.78, 5) is 15.1. The molecule has 0 fully saturated rings. The topological polar surface area (TPSA) is 91.8 Å². The van der Waals surface area contributed by atoms with Gasteiger partial charge in [0, 0.05) is 23.2 Å². The third-order valence-corrected chi connectivity index (χ3v) is 4.86. The third kappa shape index (κ3) is 4.19. The van der Waals surface area contributed by atoms with E-state index in [0.717, 1.165) is 17.7 Å². The van der Waals surface area contributed by atoms with Gasteiger partial charge >= 0.3 is 0 Å². The van der Waals surface area contributed by atoms with Crippen LogP contribution < -0.4 is 5.32 Å². The molecule has 0 bridgehead atoms. The summed E-state index contributed by atoms with van der Waals surface area (Å²) in [5.41, 5.74) is 3.61. The number of nitrogens with one attached hydrogen (secondary N) is 1. The van der Waals surface area contributed by atoms with Crippen molar-refractivity contribution in [2.45, 2.75) is 13.3 Å². The van der Waals surface area contributed by atoms with Gasteiger partial charge in [-0.2, -0.15) is 5.26 Å². The second-order valence-electron chi connectivity index (χ2n) is 5.68. The molecule has 1 aromatic heterocycles. The van der Waals surface area contributed by atoms with Crippen LogP contribution in [-0.4, -0.2) is 9.91 Å². The van der Waals surface area contributed by atoms with Crippen LogP contribution in [0.1, 0.15) is 17.5 Å². The fourth-order valence-electron chi connectivity index (χ4n) is 2.49. The van der Waals surface area contributed by atoms with Gasteiger partial charge in [-0.05, 0) is 18.1 Å². The lowest BCUT2D eigenvalue weighted by Crippen LogP contribution is -1.96. The maximum atomic E-state index is 11.1. The standard InChI is InChI=1S/C20H16N4O2S/c1-2-14-7-9-15(10-8-14)18-13-27-20(23-18)16(11-21)12-22-17-5-3-4-6-19(17)24(25)26/h3-10,12-13,22H,2H2,1H3. The summed E-state index contributed by atoms with van der Waals surface area (Å²) in [7, 11) is 0. The predicted octanol–water partition coefficient (Wildman–Crippen LogP) is 5.26. The molecule has 0 saturated carbocycles. The van der Waals surface area contributed by atoms with Crippen LogP contribution in [0.5, 0.6) is 0 Å². The van der Waals surface area contributed by atoms with E-state index in [9.17, 15) is 15.4 Å². The second kappa shape index (κ2) is 8.25. The number of hydrogen-bond acceptors (Lipinski definition) is 6. The van der Waals surface area contributed by atoms with E-state index in [2.05, 4.69) is 35.4 Å². The van der Waals surface area contributed by atoms with E-state index in [1.165, 1.54) is 29.2 Å². The van der Waals surface area contributed by atoms with E-state index in [1.54, 1.807) is 18.2 Å². The van der Waals surface area contributed by atoms with Gasteiger partial charge in [-0.15, -0.1) is 11.3 Å². The van der Waals surface area contributed by atoms with Crippen molar-refractivity contribution >= 4 is 28.3 Å². The first-order valence-corrected chi connectivity index (χ1v) is 9.15. The number of rotatable bonds is 6. The monoisotopic (exact) mass is 376 g/mol. The molecule has 0 atom stereocenters. The molecule has 0 radical (unpaired) electrons. The van der Waals surface area contributed by atoms with Crippen molar-refractivity contribution in [2.75, 3.05) is 5.32 Å². The molecule has 0 spiro atoms. The minimum atomic E-state index is -0.469. The molecule has 3 rings (SSSR count). The average molecular weight is 376 g/mol. The highest BCUT2D eigenvalue weighted by atomic mass is 32.1. The van der Waals surface area contributed by atoms with Crippen LogP contribution in [0.15, 0.2) is 60.1 Å². The van der Waals surface area contributed by atoms with Gasteiger partial charge < -0.3 is 5.32 Å². The molecular weight excluding hydrogens is 360 g/mol. The van der Waals surface area contributed by atoms with Gasteiger partial charge in [0.05, 0.1) is 10.6 Å². The summed E-state index contributed by atoms with van der Waals surface area (Å²) < 4.78 is 0. The van der Waals surface area contributed by atoms with Crippen molar-refractivity contribution in [3.05, 3.63) is 80.8 Å². The quantitative estimate of drug-likeness (QED) is 0.360. The van der Waals surface area contributed by atoms with Crippen molar-refractivity contribution in [1.82, 2.24) is 4.98 Å². The number of nitriles is 1. The fraction of sp³-hybridized carbons (Fsp3) is 0.100. The van der Waals surface area contributed by atoms with Crippen LogP contribution in [0.2, 0.25) is 0 Å². The van der Waals surface area contributed by atoms with E-state index >= 15 is 0 Å². The number of nitro benzene ring substituents is 1. The molecule has 3 aromatic rings. The van der Waals surface area contributed by atoms with Crippen molar-refractivity contribution < 1.29 is 4.92 Å². The van der Waals surface area contributed by atoms with E-state index in [-0.39, 0.29) is 5.69 Å². The molecule has 2 aromatic carbocycles. The van der Waals surface area contributed by atoms with Crippen LogP contribution in [0.25, 0.3) is 16.8 Å². The summed E-state index contributed by atoms with van der Waals surface area (Å²) in [6.45, 7) is 2.10. The predicted molar refractivity (Wildman–Crippen MR) is 107 cm³/mol. The van der Waals surface area contributed by atoms with Gasteiger partial charge in [0.1, 0.15) is 22.3 Å². The van der Waals surface area contributed by atoms with Gasteiger partial charge in [0.2, 0.25) is 0 Å². The highest BCUT2D eigenvalue weighted by Crippen LogP contribution is 2.28. The Kier molecular flexibility index (Phi) is 5.59. The molecule has 0 saturated heterocycles. The lowest BCUT2D eigenvalue weighted by atomic mass is 10.1. The Morgan fingerprint density at radius 1 is 1.30 bits per heavy atom. The molecule has 0 aliphatic carbocycles. The molecule has 27 heavy (non-hydrogen) atoms. The van der Waals surface area contributed by atoms with Crippen LogP contribution >= 0.6 is 11.3 Å². The number of aromatic nitrogens is 1. The lowest BCUT2D eigenvalue weighted by molar-refractivity contribution is -0.383. The summed E-state index contributed by atoms with van der Waals surface area (Å²) in [6.07, 6.45) is 2.42. The van der Waals surface area contributed by atoms with Gasteiger partial charge in [0.15, 0.2) is 0 Å². The van der Waals surface area contributed by atoms with Crippen molar-refractivity contribution in [2.24, 2.45) is 0 Å². The number of benzene rings is 2. The Balaban J connectivity index is 1.84. The van der Waals surface area contributed by atoms with E-state index in [4.69, 9.17) is 0 Å². The highest BCUT2D eigenvalue weighted by Gasteiger charge is 2.13. The van der Waals surface area contributed by atoms with E-state index in [0.29, 0.717) is 16.3 Å². The van der Waals surface area contributed by atoms with Gasteiger partial charge in [-0.1, -0.05) is 43.3 Å². The smallest absolute Gasteiger partial charge is 0.292 e. The first kappa shape index (κ1) is 18.3. The molecule has 0 aliphatic rings. The average Bonchev–Trinajstić information content (AvgIpc) is 3.19. The third-order valence-electron chi connectivity index (χ3n) is 3.99. The molecule has 7 heteroatoms. The van der Waals surface area contributed by atoms with Crippen LogP contribution in [-0.2, 0) is 6.42 Å². The fourth-order valence-corrected chi connectivity index (χ4v) is 3.28. The molecular formula is C20H16N4O2S. The second-order valence-corrected chi connectivity index (χ2v) is 6.53. The maximum Gasteiger partial charge on any atom is 0.292 e. The largest absolute Gasteiger partial charge is 0.355 e. The molecule has 1 N–H and O–H groups in total. The minimum absolute atomic E-state index is 0.0538. The number of anilines is 1. The molecule has 6 nitrogen and oxygen atoms in total. The van der Waals surface area contributed by atoms with Gasteiger partial charge in [-0.25, -0.2) is 4.98 Å². The van der Waals surface area contributed by atoms with Crippen molar-refractivity contribution in [3.8, 4) is 17.3 Å². The van der Waals surface area contributed by atoms with Crippen LogP contribution in [0.3, 0.4) is 0 Å². The Hall–Kier alpha value is -3.50. The Morgan fingerprint density at radius 3 is 2.70 bits per heavy atom. The molecule has 1 heterocycles.